The quantitative estimate of drug-likeness (QED) is 0.522. The molecule has 0 spiro atoms. The van der Waals surface area contributed by atoms with E-state index >= 15 is 0 Å². The molecule has 0 aliphatic heterocycles. The van der Waals surface area contributed by atoms with Gasteiger partial charge in [-0.2, -0.15) is 5.10 Å². The number of nitrogens with zero attached hydrogens (tertiary/aromatic N) is 2. The number of aromatic hydroxyl groups is 1. The number of benzene rings is 2. The second-order valence-electron chi connectivity index (χ2n) is 4.63. The number of rotatable bonds is 3. The van der Waals surface area contributed by atoms with Gasteiger partial charge in [0.25, 0.3) is 0 Å². The maximum atomic E-state index is 9.81. The minimum absolute atomic E-state index is 0.164. The van der Waals surface area contributed by atoms with E-state index in [2.05, 4.69) is 26.0 Å². The molecule has 110 valence electrons. The second kappa shape index (κ2) is 6.29. The van der Waals surface area contributed by atoms with Crippen molar-refractivity contribution in [3.63, 3.8) is 0 Å². The predicted molar refractivity (Wildman–Crippen MR) is 93.9 cm³/mol. The average Bonchev–Trinajstić information content (AvgIpc) is 2.90. The Kier molecular flexibility index (Phi) is 4.22. The molecule has 1 heterocycles. The third-order valence-electron chi connectivity index (χ3n) is 3.10. The van der Waals surface area contributed by atoms with Crippen molar-refractivity contribution in [3.8, 4) is 17.0 Å². The topological polar surface area (TPSA) is 53.3 Å². The van der Waals surface area contributed by atoms with Gasteiger partial charge >= 0.3 is 0 Å². The number of hydrogen-bond acceptors (Lipinski definition) is 3. The minimum atomic E-state index is 0.164. The molecule has 6 heteroatoms. The van der Waals surface area contributed by atoms with E-state index in [-0.39, 0.29) is 5.75 Å². The Balaban J connectivity index is 1.93. The summed E-state index contributed by atoms with van der Waals surface area (Å²) >= 11 is 8.63. The van der Waals surface area contributed by atoms with Crippen LogP contribution in [0.3, 0.4) is 0 Å². The first-order valence-corrected chi connectivity index (χ1v) is 7.73. The zero-order valence-electron chi connectivity index (χ0n) is 11.4. The van der Waals surface area contributed by atoms with Crippen LogP contribution < -0.4 is 0 Å². The molecule has 0 radical (unpaired) electrons. The number of aromatic amines is 1. The summed E-state index contributed by atoms with van der Waals surface area (Å²) in [5.74, 6) is 0.164. The Morgan fingerprint density at radius 2 is 1.95 bits per heavy atom. The minimum Gasteiger partial charge on any atom is -0.507 e. The number of H-pyrrole nitrogens is 1. The lowest BCUT2D eigenvalue weighted by molar-refractivity contribution is 0.474. The summed E-state index contributed by atoms with van der Waals surface area (Å²) in [6.45, 7) is 0. The third-order valence-corrected chi connectivity index (χ3v) is 3.88. The standard InChI is InChI=1S/C16H12BrN3OS/c17-13-6-7-15(21)12(8-13)9-18-20-10-14(19-16(20)22)11-4-2-1-3-5-11/h1-10,21H,(H,19,22)/b18-9-. The first-order valence-electron chi connectivity index (χ1n) is 6.53. The molecule has 0 unspecified atom stereocenters. The molecule has 0 atom stereocenters. The molecule has 0 aliphatic rings. The summed E-state index contributed by atoms with van der Waals surface area (Å²) in [4.78, 5) is 3.12. The number of phenols is 1. The normalized spacial score (nSPS) is 11.1. The smallest absolute Gasteiger partial charge is 0.198 e. The highest BCUT2D eigenvalue weighted by atomic mass is 79.9. The number of nitrogens with one attached hydrogen (secondary N) is 1. The van der Waals surface area contributed by atoms with Crippen LogP contribution in [0.15, 0.2) is 64.3 Å². The fourth-order valence-corrected chi connectivity index (χ4v) is 2.58. The van der Waals surface area contributed by atoms with Crippen LogP contribution in [-0.2, 0) is 0 Å². The Morgan fingerprint density at radius 1 is 1.18 bits per heavy atom. The van der Waals surface area contributed by atoms with Gasteiger partial charge in [0.15, 0.2) is 4.77 Å². The molecule has 2 aromatic carbocycles. The summed E-state index contributed by atoms with van der Waals surface area (Å²) in [6, 6.07) is 15.0. The van der Waals surface area contributed by atoms with Gasteiger partial charge < -0.3 is 10.1 Å². The van der Waals surface area contributed by atoms with Gasteiger partial charge in [0.1, 0.15) is 5.75 Å². The van der Waals surface area contributed by atoms with Gasteiger partial charge in [0.2, 0.25) is 0 Å². The van der Waals surface area contributed by atoms with Crippen LogP contribution in [0.5, 0.6) is 5.75 Å². The number of aromatic nitrogens is 2. The van der Waals surface area contributed by atoms with Crippen molar-refractivity contribution in [1.29, 1.82) is 0 Å². The molecule has 2 N–H and O–H groups in total. The Labute approximate surface area is 140 Å². The van der Waals surface area contributed by atoms with Gasteiger partial charge in [-0.15, -0.1) is 0 Å². The highest BCUT2D eigenvalue weighted by Gasteiger charge is 2.03. The van der Waals surface area contributed by atoms with Crippen molar-refractivity contribution in [1.82, 2.24) is 9.66 Å². The molecule has 1 aromatic heterocycles. The van der Waals surface area contributed by atoms with E-state index < -0.39 is 0 Å². The lowest BCUT2D eigenvalue weighted by atomic mass is 10.2. The highest BCUT2D eigenvalue weighted by Crippen LogP contribution is 2.20. The molecule has 4 nitrogen and oxygen atoms in total. The van der Waals surface area contributed by atoms with E-state index in [0.29, 0.717) is 10.3 Å². The molecular formula is C16H12BrN3OS. The van der Waals surface area contributed by atoms with Crippen LogP contribution in [0.4, 0.5) is 0 Å². The summed E-state index contributed by atoms with van der Waals surface area (Å²) < 4.78 is 2.93. The molecule has 22 heavy (non-hydrogen) atoms. The molecule has 0 fully saturated rings. The molecular weight excluding hydrogens is 362 g/mol. The largest absolute Gasteiger partial charge is 0.507 e. The monoisotopic (exact) mass is 373 g/mol. The Morgan fingerprint density at radius 3 is 2.73 bits per heavy atom. The number of hydrogen-bond donors (Lipinski definition) is 2. The van der Waals surface area contributed by atoms with E-state index in [1.165, 1.54) is 0 Å². The summed E-state index contributed by atoms with van der Waals surface area (Å²) in [5, 5.41) is 14.1. The predicted octanol–water partition coefficient (Wildman–Crippen LogP) is 4.56. The lowest BCUT2D eigenvalue weighted by Crippen LogP contribution is -1.89. The van der Waals surface area contributed by atoms with Crippen molar-refractivity contribution in [2.45, 2.75) is 0 Å². The van der Waals surface area contributed by atoms with Crippen LogP contribution in [-0.4, -0.2) is 21.0 Å². The molecule has 3 rings (SSSR count). The molecule has 0 saturated heterocycles. The van der Waals surface area contributed by atoms with Crippen molar-refractivity contribution in [2.75, 3.05) is 0 Å². The van der Waals surface area contributed by atoms with E-state index in [9.17, 15) is 5.11 Å². The van der Waals surface area contributed by atoms with Crippen LogP contribution in [0, 0.1) is 4.77 Å². The summed E-state index contributed by atoms with van der Waals surface area (Å²) in [6.07, 6.45) is 3.39. The van der Waals surface area contributed by atoms with E-state index in [1.807, 2.05) is 36.5 Å². The zero-order valence-corrected chi connectivity index (χ0v) is 13.8. The lowest BCUT2D eigenvalue weighted by Gasteiger charge is -1.99. The van der Waals surface area contributed by atoms with Gasteiger partial charge in [0, 0.05) is 10.0 Å². The molecule has 0 saturated carbocycles. The molecule has 3 aromatic rings. The highest BCUT2D eigenvalue weighted by molar-refractivity contribution is 9.10. The number of imidazole rings is 1. The van der Waals surface area contributed by atoms with Gasteiger partial charge in [-0.3, -0.25) is 0 Å². The maximum Gasteiger partial charge on any atom is 0.198 e. The molecule has 0 aliphatic carbocycles. The summed E-state index contributed by atoms with van der Waals surface area (Å²) in [5.41, 5.74) is 2.54. The van der Waals surface area contributed by atoms with E-state index in [1.54, 1.807) is 29.1 Å². The Hall–Kier alpha value is -2.18. The van der Waals surface area contributed by atoms with E-state index in [4.69, 9.17) is 12.2 Å². The number of halogens is 1. The van der Waals surface area contributed by atoms with Crippen LogP contribution in [0.1, 0.15) is 5.56 Å². The maximum absolute atomic E-state index is 9.81. The SMILES string of the molecule is Oc1ccc(Br)cc1/C=N\n1cc(-c2ccccc2)[nH]c1=S. The van der Waals surface area contributed by atoms with Crippen molar-refractivity contribution in [2.24, 2.45) is 5.10 Å². The first kappa shape index (κ1) is 14.7. The van der Waals surface area contributed by atoms with Crippen LogP contribution in [0.2, 0.25) is 0 Å². The van der Waals surface area contributed by atoms with Crippen molar-refractivity contribution < 1.29 is 5.11 Å². The van der Waals surface area contributed by atoms with Crippen molar-refractivity contribution >= 4 is 34.4 Å². The summed E-state index contributed by atoms with van der Waals surface area (Å²) in [7, 11) is 0. The van der Waals surface area contributed by atoms with Crippen molar-refractivity contribution in [3.05, 3.63) is 69.5 Å². The Bertz CT molecular complexity index is 884. The zero-order chi connectivity index (χ0) is 15.5. The fraction of sp³-hybridized carbons (Fsp3) is 0. The first-order chi connectivity index (χ1) is 10.6. The van der Waals surface area contributed by atoms with Gasteiger partial charge in [-0.05, 0) is 36.0 Å². The second-order valence-corrected chi connectivity index (χ2v) is 5.93. The van der Waals surface area contributed by atoms with Gasteiger partial charge in [-0.25, -0.2) is 4.68 Å². The van der Waals surface area contributed by atoms with Gasteiger partial charge in [0.05, 0.1) is 18.1 Å². The third kappa shape index (κ3) is 3.18. The molecule has 0 bridgehead atoms. The number of phenolic OH excluding ortho intramolecular Hbond substituents is 1. The van der Waals surface area contributed by atoms with Crippen LogP contribution in [0.25, 0.3) is 11.3 Å². The average molecular weight is 374 g/mol. The fourth-order valence-electron chi connectivity index (χ4n) is 1.99. The van der Waals surface area contributed by atoms with E-state index in [0.717, 1.165) is 15.7 Å². The molecule has 0 amide bonds. The van der Waals surface area contributed by atoms with Gasteiger partial charge in [-0.1, -0.05) is 46.3 Å². The van der Waals surface area contributed by atoms with Crippen LogP contribution >= 0.6 is 28.1 Å².